The van der Waals surface area contributed by atoms with Crippen molar-refractivity contribution < 1.29 is 9.53 Å². The van der Waals surface area contributed by atoms with Crippen LogP contribution in [0.5, 0.6) is 0 Å². The largest absolute Gasteiger partial charge is 0.366 e. The lowest BCUT2D eigenvalue weighted by Gasteiger charge is -2.28. The van der Waals surface area contributed by atoms with Crippen molar-refractivity contribution in [3.8, 4) is 0 Å². The number of nitrogens with zero attached hydrogens (tertiary/aromatic N) is 1. The van der Waals surface area contributed by atoms with Crippen molar-refractivity contribution in [2.45, 2.75) is 31.8 Å². The monoisotopic (exact) mass is 212 g/mol. The normalized spacial score (nSPS) is 23.3. The summed E-state index contributed by atoms with van der Waals surface area (Å²) >= 11 is 0. The van der Waals surface area contributed by atoms with E-state index in [9.17, 15) is 4.79 Å². The van der Waals surface area contributed by atoms with Gasteiger partial charge in [0, 0.05) is 26.2 Å². The van der Waals surface area contributed by atoms with E-state index in [1.165, 1.54) is 12.8 Å². The molecule has 0 atom stereocenters. The van der Waals surface area contributed by atoms with E-state index in [1.807, 2.05) is 4.90 Å². The fourth-order valence-electron chi connectivity index (χ4n) is 1.98. The Balaban J connectivity index is 1.68. The number of carbonyl (C=O) groups is 1. The Morgan fingerprint density at radius 1 is 1.20 bits per heavy atom. The molecule has 2 heterocycles. The molecule has 4 heteroatoms. The molecule has 0 aromatic heterocycles. The van der Waals surface area contributed by atoms with Gasteiger partial charge < -0.3 is 15.0 Å². The molecule has 0 aromatic rings. The average Bonchev–Trinajstić information content (AvgIpc) is 2.43. The molecule has 0 unspecified atom stereocenters. The van der Waals surface area contributed by atoms with Gasteiger partial charge in [0.2, 0.25) is 5.91 Å². The second-order valence-corrected chi connectivity index (χ2v) is 4.39. The first-order valence-corrected chi connectivity index (χ1v) is 5.96. The molecule has 2 aliphatic rings. The standard InChI is InChI=1S/C11H20N2O2/c14-11(9-15-10-7-12-8-10)13-5-3-1-2-4-6-13/h10,12H,1-9H2. The Hall–Kier alpha value is -0.610. The maximum absolute atomic E-state index is 11.8. The van der Waals surface area contributed by atoms with Crippen LogP contribution < -0.4 is 5.32 Å². The first-order chi connectivity index (χ1) is 7.36. The summed E-state index contributed by atoms with van der Waals surface area (Å²) in [5.41, 5.74) is 0. The van der Waals surface area contributed by atoms with Crippen molar-refractivity contribution in [3.63, 3.8) is 0 Å². The van der Waals surface area contributed by atoms with E-state index in [0.717, 1.165) is 39.0 Å². The van der Waals surface area contributed by atoms with E-state index in [4.69, 9.17) is 4.74 Å². The van der Waals surface area contributed by atoms with Crippen molar-refractivity contribution in [3.05, 3.63) is 0 Å². The zero-order valence-corrected chi connectivity index (χ0v) is 9.21. The molecule has 1 N–H and O–H groups in total. The molecule has 4 nitrogen and oxygen atoms in total. The highest BCUT2D eigenvalue weighted by Gasteiger charge is 2.21. The van der Waals surface area contributed by atoms with E-state index < -0.39 is 0 Å². The molecule has 0 bridgehead atoms. The molecule has 0 spiro atoms. The first kappa shape index (κ1) is 10.9. The zero-order chi connectivity index (χ0) is 10.5. The third-order valence-corrected chi connectivity index (χ3v) is 3.15. The number of hydrogen-bond acceptors (Lipinski definition) is 3. The van der Waals surface area contributed by atoms with Crippen LogP contribution in [0.25, 0.3) is 0 Å². The maximum atomic E-state index is 11.8. The highest BCUT2D eigenvalue weighted by atomic mass is 16.5. The van der Waals surface area contributed by atoms with Gasteiger partial charge in [0.05, 0.1) is 6.10 Å². The minimum atomic E-state index is 0.170. The van der Waals surface area contributed by atoms with Crippen molar-refractivity contribution in [1.82, 2.24) is 10.2 Å². The van der Waals surface area contributed by atoms with Crippen LogP contribution in [-0.2, 0) is 9.53 Å². The minimum Gasteiger partial charge on any atom is -0.366 e. The van der Waals surface area contributed by atoms with Crippen LogP contribution in [0.1, 0.15) is 25.7 Å². The summed E-state index contributed by atoms with van der Waals surface area (Å²) in [6.07, 6.45) is 5.09. The second kappa shape index (κ2) is 5.47. The van der Waals surface area contributed by atoms with Gasteiger partial charge in [-0.2, -0.15) is 0 Å². The van der Waals surface area contributed by atoms with Gasteiger partial charge in [-0.25, -0.2) is 0 Å². The predicted octanol–water partition coefficient (Wildman–Crippen LogP) is 0.377. The lowest BCUT2D eigenvalue weighted by Crippen LogP contribution is -2.49. The fraction of sp³-hybridized carbons (Fsp3) is 0.909. The van der Waals surface area contributed by atoms with Gasteiger partial charge in [-0.1, -0.05) is 12.8 Å². The smallest absolute Gasteiger partial charge is 0.248 e. The molecule has 86 valence electrons. The Kier molecular flexibility index (Phi) is 3.97. The Bertz CT molecular complexity index is 209. The zero-order valence-electron chi connectivity index (χ0n) is 9.21. The van der Waals surface area contributed by atoms with Crippen LogP contribution >= 0.6 is 0 Å². The van der Waals surface area contributed by atoms with Crippen molar-refractivity contribution in [2.75, 3.05) is 32.8 Å². The Morgan fingerprint density at radius 3 is 2.40 bits per heavy atom. The third kappa shape index (κ3) is 3.18. The van der Waals surface area contributed by atoms with Gasteiger partial charge in [-0.15, -0.1) is 0 Å². The summed E-state index contributed by atoms with van der Waals surface area (Å²) in [6, 6.07) is 0. The van der Waals surface area contributed by atoms with Crippen LogP contribution in [0.3, 0.4) is 0 Å². The molecule has 0 aliphatic carbocycles. The van der Waals surface area contributed by atoms with E-state index >= 15 is 0 Å². The van der Waals surface area contributed by atoms with E-state index in [2.05, 4.69) is 5.32 Å². The molecule has 2 rings (SSSR count). The molecule has 15 heavy (non-hydrogen) atoms. The van der Waals surface area contributed by atoms with Crippen molar-refractivity contribution in [1.29, 1.82) is 0 Å². The molecule has 0 saturated carbocycles. The lowest BCUT2D eigenvalue weighted by atomic mass is 10.2. The van der Waals surface area contributed by atoms with Gasteiger partial charge in [0.1, 0.15) is 6.61 Å². The van der Waals surface area contributed by atoms with Gasteiger partial charge >= 0.3 is 0 Å². The number of rotatable bonds is 3. The highest BCUT2D eigenvalue weighted by molar-refractivity contribution is 5.77. The topological polar surface area (TPSA) is 41.6 Å². The van der Waals surface area contributed by atoms with Crippen molar-refractivity contribution >= 4 is 5.91 Å². The highest BCUT2D eigenvalue weighted by Crippen LogP contribution is 2.10. The summed E-state index contributed by atoms with van der Waals surface area (Å²) in [7, 11) is 0. The van der Waals surface area contributed by atoms with Crippen LogP contribution in [0.2, 0.25) is 0 Å². The van der Waals surface area contributed by atoms with Crippen LogP contribution in [0.4, 0.5) is 0 Å². The predicted molar refractivity (Wildman–Crippen MR) is 57.7 cm³/mol. The maximum Gasteiger partial charge on any atom is 0.248 e. The summed E-state index contributed by atoms with van der Waals surface area (Å²) in [4.78, 5) is 13.7. The van der Waals surface area contributed by atoms with Crippen LogP contribution in [0.15, 0.2) is 0 Å². The minimum absolute atomic E-state index is 0.170. The summed E-state index contributed by atoms with van der Waals surface area (Å²) in [5.74, 6) is 0.170. The molecule has 2 saturated heterocycles. The first-order valence-electron chi connectivity index (χ1n) is 5.96. The Morgan fingerprint density at radius 2 is 1.87 bits per heavy atom. The summed E-state index contributed by atoms with van der Waals surface area (Å²) in [6.45, 7) is 3.91. The van der Waals surface area contributed by atoms with Crippen LogP contribution in [-0.4, -0.2) is 49.7 Å². The van der Waals surface area contributed by atoms with Crippen LogP contribution in [0, 0.1) is 0 Å². The van der Waals surface area contributed by atoms with Gasteiger partial charge in [0.25, 0.3) is 0 Å². The third-order valence-electron chi connectivity index (χ3n) is 3.15. The number of nitrogens with one attached hydrogen (secondary N) is 1. The summed E-state index contributed by atoms with van der Waals surface area (Å²) < 4.78 is 5.48. The average molecular weight is 212 g/mol. The lowest BCUT2D eigenvalue weighted by molar-refractivity contribution is -0.139. The number of amides is 1. The number of hydrogen-bond donors (Lipinski definition) is 1. The van der Waals surface area contributed by atoms with Gasteiger partial charge in [-0.05, 0) is 12.8 Å². The number of ether oxygens (including phenoxy) is 1. The molecule has 2 fully saturated rings. The SMILES string of the molecule is O=C(COC1CNC1)N1CCCCCC1. The quantitative estimate of drug-likeness (QED) is 0.735. The second-order valence-electron chi connectivity index (χ2n) is 4.39. The molecular formula is C11H20N2O2. The molecule has 1 amide bonds. The fourth-order valence-corrected chi connectivity index (χ4v) is 1.98. The number of carbonyl (C=O) groups excluding carboxylic acids is 1. The number of likely N-dealkylation sites (tertiary alicyclic amines) is 1. The van der Waals surface area contributed by atoms with Gasteiger partial charge in [-0.3, -0.25) is 4.79 Å². The molecule has 0 aromatic carbocycles. The molecule has 0 radical (unpaired) electrons. The summed E-state index contributed by atoms with van der Waals surface area (Å²) in [5, 5.41) is 3.12. The van der Waals surface area contributed by atoms with E-state index in [-0.39, 0.29) is 18.6 Å². The Labute approximate surface area is 91.0 Å². The van der Waals surface area contributed by atoms with Gasteiger partial charge in [0.15, 0.2) is 0 Å². The van der Waals surface area contributed by atoms with E-state index in [1.54, 1.807) is 0 Å². The molecular weight excluding hydrogens is 192 g/mol. The van der Waals surface area contributed by atoms with E-state index in [0.29, 0.717) is 0 Å². The van der Waals surface area contributed by atoms with Crippen molar-refractivity contribution in [2.24, 2.45) is 0 Å². The molecule has 2 aliphatic heterocycles.